The van der Waals surface area contributed by atoms with Gasteiger partial charge in [0.15, 0.2) is 4.88 Å². The average molecular weight is 278 g/mol. The molecule has 1 aromatic heterocycles. The van der Waals surface area contributed by atoms with E-state index in [2.05, 4.69) is 0 Å². The number of ether oxygens (including phenoxy) is 2. The highest BCUT2D eigenvalue weighted by molar-refractivity contribution is 7.12. The van der Waals surface area contributed by atoms with Crippen molar-refractivity contribution in [2.45, 2.75) is 13.5 Å². The summed E-state index contributed by atoms with van der Waals surface area (Å²) in [6, 6.07) is 9.22. The topological polar surface area (TPSA) is 55.8 Å². The number of carboxylic acid groups (broad SMARTS) is 1. The third-order valence-corrected chi connectivity index (χ3v) is 3.36. The largest absolute Gasteiger partial charge is 0.493 e. The van der Waals surface area contributed by atoms with Crippen molar-refractivity contribution in [3.8, 4) is 11.5 Å². The van der Waals surface area contributed by atoms with Crippen molar-refractivity contribution < 1.29 is 19.4 Å². The Labute approximate surface area is 115 Å². The molecule has 19 heavy (non-hydrogen) atoms. The second-order valence-electron chi connectivity index (χ2n) is 3.75. The zero-order valence-electron chi connectivity index (χ0n) is 10.5. The monoisotopic (exact) mass is 278 g/mol. The van der Waals surface area contributed by atoms with Gasteiger partial charge in [-0.2, -0.15) is 0 Å². The number of hydrogen-bond donors (Lipinski definition) is 1. The highest BCUT2D eigenvalue weighted by Crippen LogP contribution is 2.27. The predicted octanol–water partition coefficient (Wildman–Crippen LogP) is 3.42. The lowest BCUT2D eigenvalue weighted by Gasteiger charge is -2.10. The number of hydrogen-bond acceptors (Lipinski definition) is 4. The van der Waals surface area contributed by atoms with Gasteiger partial charge in [-0.25, -0.2) is 4.79 Å². The van der Waals surface area contributed by atoms with Crippen LogP contribution >= 0.6 is 11.3 Å². The molecule has 0 aliphatic heterocycles. The fourth-order valence-corrected chi connectivity index (χ4v) is 2.31. The molecule has 1 heterocycles. The molecule has 0 unspecified atom stereocenters. The van der Waals surface area contributed by atoms with Crippen molar-refractivity contribution in [1.29, 1.82) is 0 Å². The number of carbonyl (C=O) groups is 1. The Hall–Kier alpha value is -2.01. The fourth-order valence-electron chi connectivity index (χ4n) is 1.64. The summed E-state index contributed by atoms with van der Waals surface area (Å²) in [4.78, 5) is 11.2. The summed E-state index contributed by atoms with van der Waals surface area (Å²) in [7, 11) is 0. The number of carboxylic acids is 1. The minimum Gasteiger partial charge on any atom is -0.493 e. The molecule has 0 fully saturated rings. The van der Waals surface area contributed by atoms with E-state index in [1.807, 2.05) is 31.2 Å². The van der Waals surface area contributed by atoms with Gasteiger partial charge in [0.25, 0.3) is 0 Å². The maximum Gasteiger partial charge on any atom is 0.349 e. The van der Waals surface area contributed by atoms with Gasteiger partial charge in [-0.15, -0.1) is 11.3 Å². The third kappa shape index (κ3) is 3.26. The molecule has 0 radical (unpaired) electrons. The number of rotatable bonds is 6. The van der Waals surface area contributed by atoms with Gasteiger partial charge in [0, 0.05) is 5.56 Å². The Morgan fingerprint density at radius 2 is 2.00 bits per heavy atom. The molecule has 0 aliphatic rings. The molecule has 100 valence electrons. The molecule has 1 aromatic carbocycles. The molecule has 0 saturated heterocycles. The summed E-state index contributed by atoms with van der Waals surface area (Å²) >= 11 is 1.15. The molecule has 0 atom stereocenters. The number of thiophene rings is 1. The molecule has 0 bridgehead atoms. The smallest absolute Gasteiger partial charge is 0.349 e. The predicted molar refractivity (Wildman–Crippen MR) is 73.2 cm³/mol. The molecule has 5 heteroatoms. The zero-order valence-corrected chi connectivity index (χ0v) is 11.3. The minimum absolute atomic E-state index is 0.217. The van der Waals surface area contributed by atoms with Crippen LogP contribution in [-0.2, 0) is 6.61 Å². The van der Waals surface area contributed by atoms with Crippen molar-refractivity contribution in [2.24, 2.45) is 0 Å². The number of benzene rings is 1. The highest BCUT2D eigenvalue weighted by Gasteiger charge is 2.13. The molecule has 0 aliphatic carbocycles. The van der Waals surface area contributed by atoms with Gasteiger partial charge < -0.3 is 14.6 Å². The van der Waals surface area contributed by atoms with E-state index in [1.165, 1.54) is 0 Å². The van der Waals surface area contributed by atoms with Crippen molar-refractivity contribution in [3.05, 3.63) is 46.2 Å². The first kappa shape index (κ1) is 13.4. The maximum atomic E-state index is 11.0. The van der Waals surface area contributed by atoms with E-state index < -0.39 is 5.97 Å². The SMILES string of the molecule is CCOc1ccccc1COc1ccsc1C(=O)O. The van der Waals surface area contributed by atoms with Crippen molar-refractivity contribution >= 4 is 17.3 Å². The Morgan fingerprint density at radius 1 is 1.21 bits per heavy atom. The molecular weight excluding hydrogens is 264 g/mol. The molecule has 4 nitrogen and oxygen atoms in total. The van der Waals surface area contributed by atoms with E-state index in [9.17, 15) is 4.79 Å². The van der Waals surface area contributed by atoms with Gasteiger partial charge in [0.2, 0.25) is 0 Å². The Kier molecular flexibility index (Phi) is 4.41. The summed E-state index contributed by atoms with van der Waals surface area (Å²) in [6.45, 7) is 2.78. The lowest BCUT2D eigenvalue weighted by atomic mass is 10.2. The first-order valence-electron chi connectivity index (χ1n) is 5.86. The fraction of sp³-hybridized carbons (Fsp3) is 0.214. The molecule has 2 rings (SSSR count). The van der Waals surface area contributed by atoms with Crippen LogP contribution in [-0.4, -0.2) is 17.7 Å². The van der Waals surface area contributed by atoms with E-state index in [1.54, 1.807) is 11.4 Å². The van der Waals surface area contributed by atoms with E-state index in [0.717, 1.165) is 22.6 Å². The van der Waals surface area contributed by atoms with Crippen LogP contribution in [0, 0.1) is 0 Å². The van der Waals surface area contributed by atoms with Gasteiger partial charge in [-0.3, -0.25) is 0 Å². The van der Waals surface area contributed by atoms with Crippen molar-refractivity contribution in [1.82, 2.24) is 0 Å². The summed E-state index contributed by atoms with van der Waals surface area (Å²) in [5.74, 6) is 0.184. The van der Waals surface area contributed by atoms with Crippen LogP contribution in [0.5, 0.6) is 11.5 Å². The first-order chi connectivity index (χ1) is 9.22. The van der Waals surface area contributed by atoms with Gasteiger partial charge in [0.05, 0.1) is 6.61 Å². The van der Waals surface area contributed by atoms with Crippen LogP contribution in [0.1, 0.15) is 22.2 Å². The third-order valence-electron chi connectivity index (χ3n) is 2.48. The van der Waals surface area contributed by atoms with Gasteiger partial charge in [0.1, 0.15) is 18.1 Å². The van der Waals surface area contributed by atoms with Crippen LogP contribution in [0.25, 0.3) is 0 Å². The lowest BCUT2D eigenvalue weighted by Crippen LogP contribution is -2.02. The summed E-state index contributed by atoms with van der Waals surface area (Å²) < 4.78 is 11.1. The lowest BCUT2D eigenvalue weighted by molar-refractivity contribution is 0.0697. The Morgan fingerprint density at radius 3 is 2.74 bits per heavy atom. The maximum absolute atomic E-state index is 11.0. The molecule has 0 amide bonds. The first-order valence-corrected chi connectivity index (χ1v) is 6.74. The quantitative estimate of drug-likeness (QED) is 0.879. The van der Waals surface area contributed by atoms with Gasteiger partial charge >= 0.3 is 5.97 Å². The van der Waals surface area contributed by atoms with E-state index in [4.69, 9.17) is 14.6 Å². The second-order valence-corrected chi connectivity index (χ2v) is 4.66. The van der Waals surface area contributed by atoms with E-state index >= 15 is 0 Å². The molecule has 1 N–H and O–H groups in total. The van der Waals surface area contributed by atoms with Crippen molar-refractivity contribution in [2.75, 3.05) is 6.61 Å². The molecule has 0 spiro atoms. The van der Waals surface area contributed by atoms with E-state index in [0.29, 0.717) is 12.4 Å². The minimum atomic E-state index is -0.969. The molecule has 0 saturated carbocycles. The molecule has 2 aromatic rings. The summed E-state index contributed by atoms with van der Waals surface area (Å²) in [6.07, 6.45) is 0. The number of para-hydroxylation sites is 1. The van der Waals surface area contributed by atoms with Crippen LogP contribution < -0.4 is 9.47 Å². The van der Waals surface area contributed by atoms with Crippen LogP contribution in [0.2, 0.25) is 0 Å². The Balaban J connectivity index is 2.10. The standard InChI is InChI=1S/C14H14O4S/c1-2-17-11-6-4-3-5-10(11)9-18-12-7-8-19-13(12)14(15)16/h3-8H,2,9H2,1H3,(H,15,16). The zero-order chi connectivity index (χ0) is 13.7. The van der Waals surface area contributed by atoms with Crippen LogP contribution in [0.4, 0.5) is 0 Å². The average Bonchev–Trinajstić information content (AvgIpc) is 2.86. The van der Waals surface area contributed by atoms with Crippen LogP contribution in [0.15, 0.2) is 35.7 Å². The summed E-state index contributed by atoms with van der Waals surface area (Å²) in [5.41, 5.74) is 0.895. The molecular formula is C14H14O4S. The summed E-state index contributed by atoms with van der Waals surface area (Å²) in [5, 5.41) is 10.7. The van der Waals surface area contributed by atoms with Crippen LogP contribution in [0.3, 0.4) is 0 Å². The van der Waals surface area contributed by atoms with Gasteiger partial charge in [-0.1, -0.05) is 18.2 Å². The second kappa shape index (κ2) is 6.24. The highest BCUT2D eigenvalue weighted by atomic mass is 32.1. The normalized spacial score (nSPS) is 10.2. The van der Waals surface area contributed by atoms with E-state index in [-0.39, 0.29) is 11.5 Å². The van der Waals surface area contributed by atoms with Gasteiger partial charge in [-0.05, 0) is 24.4 Å². The number of aromatic carboxylic acids is 1. The van der Waals surface area contributed by atoms with Crippen molar-refractivity contribution in [3.63, 3.8) is 0 Å². The Bertz CT molecular complexity index is 562.